The molecule has 0 spiro atoms. The van der Waals surface area contributed by atoms with E-state index < -0.39 is 0 Å². The summed E-state index contributed by atoms with van der Waals surface area (Å²) in [5.74, 6) is 1.72. The number of hydrogen-bond acceptors (Lipinski definition) is 6. The normalized spacial score (nSPS) is 14.8. The van der Waals surface area contributed by atoms with Gasteiger partial charge in [-0.05, 0) is 24.3 Å². The van der Waals surface area contributed by atoms with Crippen molar-refractivity contribution in [3.05, 3.63) is 30.0 Å². The Bertz CT molecular complexity index is 652. The van der Waals surface area contributed by atoms with Crippen LogP contribution in [0.3, 0.4) is 0 Å². The Morgan fingerprint density at radius 2 is 1.95 bits per heavy atom. The van der Waals surface area contributed by atoms with Gasteiger partial charge in [0.25, 0.3) is 0 Å². The Labute approximate surface area is 122 Å². The molecule has 0 amide bonds. The molecule has 1 aliphatic heterocycles. The van der Waals surface area contributed by atoms with Crippen molar-refractivity contribution < 1.29 is 13.9 Å². The quantitative estimate of drug-likeness (QED) is 0.859. The molecule has 108 valence electrons. The SMILES string of the molecule is COc1ccc(-c2nc(C#N)c(N3CCOCC3)o2)cc1. The Kier molecular flexibility index (Phi) is 3.75. The van der Waals surface area contributed by atoms with Gasteiger partial charge in [-0.25, -0.2) is 0 Å². The highest BCUT2D eigenvalue weighted by atomic mass is 16.5. The van der Waals surface area contributed by atoms with Gasteiger partial charge in [0.2, 0.25) is 17.5 Å². The predicted octanol–water partition coefficient (Wildman–Crippen LogP) is 2.06. The molecule has 3 rings (SSSR count). The van der Waals surface area contributed by atoms with Gasteiger partial charge < -0.3 is 18.8 Å². The van der Waals surface area contributed by atoms with E-state index in [0.717, 1.165) is 11.3 Å². The number of methoxy groups -OCH3 is 1. The summed E-state index contributed by atoms with van der Waals surface area (Å²) in [4.78, 5) is 6.27. The van der Waals surface area contributed by atoms with Crippen molar-refractivity contribution in [1.82, 2.24) is 4.98 Å². The molecule has 1 aromatic heterocycles. The molecule has 0 atom stereocenters. The molecule has 0 aliphatic carbocycles. The minimum Gasteiger partial charge on any atom is -0.497 e. The molecular weight excluding hydrogens is 270 g/mol. The molecule has 1 fully saturated rings. The summed E-state index contributed by atoms with van der Waals surface area (Å²) in [6.45, 7) is 2.66. The summed E-state index contributed by atoms with van der Waals surface area (Å²) >= 11 is 0. The molecule has 1 saturated heterocycles. The lowest BCUT2D eigenvalue weighted by Crippen LogP contribution is -2.36. The maximum atomic E-state index is 9.24. The lowest BCUT2D eigenvalue weighted by atomic mass is 10.2. The van der Waals surface area contributed by atoms with Crippen LogP contribution in [0.1, 0.15) is 5.69 Å². The first-order chi connectivity index (χ1) is 10.3. The number of hydrogen-bond donors (Lipinski definition) is 0. The average molecular weight is 285 g/mol. The van der Waals surface area contributed by atoms with Crippen molar-refractivity contribution in [3.63, 3.8) is 0 Å². The number of nitriles is 1. The fourth-order valence-corrected chi connectivity index (χ4v) is 2.22. The average Bonchev–Trinajstić information content (AvgIpc) is 3.00. The number of anilines is 1. The molecule has 0 radical (unpaired) electrons. The van der Waals surface area contributed by atoms with Crippen LogP contribution >= 0.6 is 0 Å². The molecule has 0 N–H and O–H groups in total. The predicted molar refractivity (Wildman–Crippen MR) is 76.2 cm³/mol. The van der Waals surface area contributed by atoms with E-state index in [9.17, 15) is 5.26 Å². The van der Waals surface area contributed by atoms with Crippen molar-refractivity contribution in [2.24, 2.45) is 0 Å². The van der Waals surface area contributed by atoms with Crippen LogP contribution in [0.2, 0.25) is 0 Å². The summed E-state index contributed by atoms with van der Waals surface area (Å²) in [7, 11) is 1.62. The van der Waals surface area contributed by atoms with E-state index in [4.69, 9.17) is 13.9 Å². The van der Waals surface area contributed by atoms with Crippen LogP contribution in [0.5, 0.6) is 5.75 Å². The zero-order valence-electron chi connectivity index (χ0n) is 11.7. The van der Waals surface area contributed by atoms with E-state index in [1.165, 1.54) is 0 Å². The van der Waals surface area contributed by atoms with Crippen LogP contribution in [0, 0.1) is 11.3 Å². The number of rotatable bonds is 3. The lowest BCUT2D eigenvalue weighted by Gasteiger charge is -2.25. The number of benzene rings is 1. The summed E-state index contributed by atoms with van der Waals surface area (Å²) < 4.78 is 16.2. The first kappa shape index (κ1) is 13.5. The zero-order valence-corrected chi connectivity index (χ0v) is 11.7. The highest BCUT2D eigenvalue weighted by Crippen LogP contribution is 2.29. The van der Waals surface area contributed by atoms with Crippen molar-refractivity contribution in [3.8, 4) is 23.3 Å². The summed E-state index contributed by atoms with van der Waals surface area (Å²) in [6.07, 6.45) is 0. The standard InChI is InChI=1S/C15H15N3O3/c1-19-12-4-2-11(3-5-12)14-17-13(10-16)15(21-14)18-6-8-20-9-7-18/h2-5H,6-9H2,1H3. The van der Waals surface area contributed by atoms with E-state index in [2.05, 4.69) is 11.1 Å². The van der Waals surface area contributed by atoms with Crippen molar-refractivity contribution in [2.45, 2.75) is 0 Å². The van der Waals surface area contributed by atoms with Gasteiger partial charge in [0.05, 0.1) is 20.3 Å². The second-order valence-electron chi connectivity index (χ2n) is 4.61. The van der Waals surface area contributed by atoms with E-state index in [1.54, 1.807) is 7.11 Å². The van der Waals surface area contributed by atoms with E-state index in [-0.39, 0.29) is 0 Å². The van der Waals surface area contributed by atoms with Crippen LogP contribution in [0.25, 0.3) is 11.5 Å². The van der Waals surface area contributed by atoms with Gasteiger partial charge in [-0.3, -0.25) is 0 Å². The first-order valence-electron chi connectivity index (χ1n) is 6.70. The van der Waals surface area contributed by atoms with Crippen molar-refractivity contribution >= 4 is 5.88 Å². The molecule has 0 bridgehead atoms. The van der Waals surface area contributed by atoms with Crippen LogP contribution < -0.4 is 9.64 Å². The molecule has 0 saturated carbocycles. The highest BCUT2D eigenvalue weighted by Gasteiger charge is 2.22. The minimum absolute atomic E-state index is 0.308. The van der Waals surface area contributed by atoms with Gasteiger partial charge in [0.1, 0.15) is 11.8 Å². The number of nitrogens with zero attached hydrogens (tertiary/aromatic N) is 3. The second-order valence-corrected chi connectivity index (χ2v) is 4.61. The third-order valence-electron chi connectivity index (χ3n) is 3.35. The monoisotopic (exact) mass is 285 g/mol. The van der Waals surface area contributed by atoms with Crippen LogP contribution in [-0.4, -0.2) is 38.4 Å². The van der Waals surface area contributed by atoms with Gasteiger partial charge in [0.15, 0.2) is 0 Å². The highest BCUT2D eigenvalue weighted by molar-refractivity contribution is 5.60. The molecule has 21 heavy (non-hydrogen) atoms. The van der Waals surface area contributed by atoms with Gasteiger partial charge in [-0.2, -0.15) is 10.2 Å². The van der Waals surface area contributed by atoms with Gasteiger partial charge in [-0.1, -0.05) is 0 Å². The summed E-state index contributed by atoms with van der Waals surface area (Å²) in [6, 6.07) is 9.47. The van der Waals surface area contributed by atoms with Crippen molar-refractivity contribution in [1.29, 1.82) is 5.26 Å². The minimum atomic E-state index is 0.308. The molecule has 6 nitrogen and oxygen atoms in total. The molecule has 1 aliphatic rings. The molecule has 2 aromatic rings. The summed E-state index contributed by atoms with van der Waals surface area (Å²) in [5.41, 5.74) is 1.12. The number of aromatic nitrogens is 1. The molecule has 0 unspecified atom stereocenters. The Morgan fingerprint density at radius 1 is 1.24 bits per heavy atom. The topological polar surface area (TPSA) is 71.5 Å². The third kappa shape index (κ3) is 2.69. The van der Waals surface area contributed by atoms with Gasteiger partial charge >= 0.3 is 0 Å². The Balaban J connectivity index is 1.92. The molecular formula is C15H15N3O3. The fraction of sp³-hybridized carbons (Fsp3) is 0.333. The number of ether oxygens (including phenoxy) is 2. The third-order valence-corrected chi connectivity index (χ3v) is 3.35. The maximum absolute atomic E-state index is 9.24. The number of oxazole rings is 1. The van der Waals surface area contributed by atoms with Gasteiger partial charge in [-0.15, -0.1) is 0 Å². The smallest absolute Gasteiger partial charge is 0.235 e. The fourth-order valence-electron chi connectivity index (χ4n) is 2.22. The largest absolute Gasteiger partial charge is 0.497 e. The zero-order chi connectivity index (χ0) is 14.7. The Hall–Kier alpha value is -2.52. The molecule has 1 aromatic carbocycles. The van der Waals surface area contributed by atoms with Crippen LogP contribution in [-0.2, 0) is 4.74 Å². The first-order valence-corrected chi connectivity index (χ1v) is 6.70. The van der Waals surface area contributed by atoms with Crippen LogP contribution in [0.4, 0.5) is 5.88 Å². The second kappa shape index (κ2) is 5.85. The molecule has 6 heteroatoms. The molecule has 2 heterocycles. The lowest BCUT2D eigenvalue weighted by molar-refractivity contribution is 0.121. The number of morpholine rings is 1. The van der Waals surface area contributed by atoms with E-state index in [1.807, 2.05) is 29.2 Å². The van der Waals surface area contributed by atoms with Crippen molar-refractivity contribution in [2.75, 3.05) is 38.3 Å². The maximum Gasteiger partial charge on any atom is 0.235 e. The van der Waals surface area contributed by atoms with E-state index >= 15 is 0 Å². The van der Waals surface area contributed by atoms with E-state index in [0.29, 0.717) is 43.8 Å². The summed E-state index contributed by atoms with van der Waals surface area (Å²) in [5, 5.41) is 9.24. The van der Waals surface area contributed by atoms with Gasteiger partial charge in [0, 0.05) is 18.7 Å². The Morgan fingerprint density at radius 3 is 2.57 bits per heavy atom. The van der Waals surface area contributed by atoms with Crippen LogP contribution in [0.15, 0.2) is 28.7 Å².